The van der Waals surface area contributed by atoms with Crippen LogP contribution in [0.25, 0.3) is 0 Å². The molecule has 0 radical (unpaired) electrons. The van der Waals surface area contributed by atoms with Crippen LogP contribution in [0.15, 0.2) is 0 Å². The molecule has 0 aromatic heterocycles. The SMILES string of the molecule is OC[C@H]1O[C@@H](O[C@H]2[C@H](O)[C@@H](O)[C@H](OC3CCCCCCCCCCCCCC3)O[C@@H]2CO)[C@H](O)[C@@H](O)[C@H]1O. The number of hydrogen-bond acceptors (Lipinski definition) is 11. The van der Waals surface area contributed by atoms with Gasteiger partial charge in [0.15, 0.2) is 12.6 Å². The van der Waals surface area contributed by atoms with Crippen LogP contribution in [0.4, 0.5) is 0 Å². The zero-order valence-electron chi connectivity index (χ0n) is 22.4. The van der Waals surface area contributed by atoms with Crippen LogP contribution < -0.4 is 0 Å². The van der Waals surface area contributed by atoms with Crippen LogP contribution in [0, 0.1) is 0 Å². The highest BCUT2D eigenvalue weighted by Gasteiger charge is 2.51. The van der Waals surface area contributed by atoms with Gasteiger partial charge in [0.05, 0.1) is 19.3 Å². The fourth-order valence-electron chi connectivity index (χ4n) is 5.65. The van der Waals surface area contributed by atoms with Crippen LogP contribution in [0.1, 0.15) is 89.9 Å². The summed E-state index contributed by atoms with van der Waals surface area (Å²) >= 11 is 0. The van der Waals surface area contributed by atoms with Crippen LogP contribution in [0.3, 0.4) is 0 Å². The Morgan fingerprint density at radius 2 is 0.895 bits per heavy atom. The maximum Gasteiger partial charge on any atom is 0.187 e. The van der Waals surface area contributed by atoms with Crippen molar-refractivity contribution in [3.63, 3.8) is 0 Å². The lowest BCUT2D eigenvalue weighted by atomic mass is 9.96. The first-order chi connectivity index (χ1) is 18.4. The van der Waals surface area contributed by atoms with Gasteiger partial charge in [-0.25, -0.2) is 0 Å². The quantitative estimate of drug-likeness (QED) is 0.244. The normalized spacial score (nSPS) is 41.8. The molecule has 0 spiro atoms. The van der Waals surface area contributed by atoms with E-state index in [0.29, 0.717) is 0 Å². The van der Waals surface area contributed by atoms with Crippen molar-refractivity contribution in [1.29, 1.82) is 0 Å². The van der Waals surface area contributed by atoms with Crippen molar-refractivity contribution in [3.8, 4) is 0 Å². The van der Waals surface area contributed by atoms with E-state index >= 15 is 0 Å². The highest BCUT2D eigenvalue weighted by Crippen LogP contribution is 2.31. The van der Waals surface area contributed by atoms with Gasteiger partial charge in [-0.2, -0.15) is 0 Å². The summed E-state index contributed by atoms with van der Waals surface area (Å²) in [6.45, 7) is -1.21. The molecule has 3 rings (SSSR count). The molecule has 0 aromatic carbocycles. The molecule has 11 heteroatoms. The van der Waals surface area contributed by atoms with E-state index < -0.39 is 74.6 Å². The molecule has 2 aliphatic heterocycles. The van der Waals surface area contributed by atoms with E-state index in [2.05, 4.69) is 0 Å². The molecule has 0 bridgehead atoms. The van der Waals surface area contributed by atoms with Gasteiger partial charge >= 0.3 is 0 Å². The van der Waals surface area contributed by atoms with Crippen molar-refractivity contribution in [3.05, 3.63) is 0 Å². The maximum absolute atomic E-state index is 10.9. The Bertz CT molecular complexity index is 620. The molecule has 0 unspecified atom stereocenters. The minimum Gasteiger partial charge on any atom is -0.394 e. The summed E-state index contributed by atoms with van der Waals surface area (Å²) in [7, 11) is 0. The summed E-state index contributed by atoms with van der Waals surface area (Å²) < 4.78 is 23.0. The van der Waals surface area contributed by atoms with Gasteiger partial charge in [-0.3, -0.25) is 0 Å². The zero-order valence-corrected chi connectivity index (χ0v) is 22.4. The fraction of sp³-hybridized carbons (Fsp3) is 1.00. The van der Waals surface area contributed by atoms with Crippen molar-refractivity contribution in [2.45, 2.75) is 157 Å². The second kappa shape index (κ2) is 16.7. The van der Waals surface area contributed by atoms with Gasteiger partial charge in [-0.05, 0) is 12.8 Å². The average Bonchev–Trinajstić information content (AvgIpc) is 2.93. The van der Waals surface area contributed by atoms with E-state index in [1.165, 1.54) is 51.4 Å². The third kappa shape index (κ3) is 9.04. The smallest absolute Gasteiger partial charge is 0.187 e. The minimum atomic E-state index is -1.69. The molecule has 3 fully saturated rings. The molecular formula is C27H50O11. The Hall–Kier alpha value is -0.440. The summed E-state index contributed by atoms with van der Waals surface area (Å²) in [6.07, 6.45) is 1.45. The molecule has 224 valence electrons. The second-order valence-corrected chi connectivity index (χ2v) is 11.1. The zero-order chi connectivity index (χ0) is 27.5. The summed E-state index contributed by atoms with van der Waals surface area (Å²) in [6, 6.07) is 0. The topological polar surface area (TPSA) is 179 Å². The van der Waals surface area contributed by atoms with Gasteiger partial charge < -0.3 is 54.7 Å². The van der Waals surface area contributed by atoms with Gasteiger partial charge in [0.2, 0.25) is 0 Å². The first kappa shape index (κ1) is 32.1. The predicted octanol–water partition coefficient (Wildman–Crippen LogP) is 0.471. The first-order valence-corrected chi connectivity index (χ1v) is 14.6. The molecule has 0 amide bonds. The number of ether oxygens (including phenoxy) is 4. The maximum atomic E-state index is 10.9. The Balaban J connectivity index is 1.60. The molecule has 3 aliphatic rings. The van der Waals surface area contributed by atoms with E-state index in [9.17, 15) is 35.7 Å². The molecule has 11 nitrogen and oxygen atoms in total. The van der Waals surface area contributed by atoms with Gasteiger partial charge in [0.1, 0.15) is 48.8 Å². The van der Waals surface area contributed by atoms with Crippen molar-refractivity contribution in [2.75, 3.05) is 13.2 Å². The fourth-order valence-corrected chi connectivity index (χ4v) is 5.65. The number of aliphatic hydroxyl groups excluding tert-OH is 7. The minimum absolute atomic E-state index is 0.158. The molecule has 2 heterocycles. The molecule has 0 aromatic rings. The summed E-state index contributed by atoms with van der Waals surface area (Å²) in [4.78, 5) is 0. The van der Waals surface area contributed by atoms with Crippen LogP contribution in [0.2, 0.25) is 0 Å². The Morgan fingerprint density at radius 1 is 0.474 bits per heavy atom. The van der Waals surface area contributed by atoms with Gasteiger partial charge in [0, 0.05) is 0 Å². The van der Waals surface area contributed by atoms with E-state index in [0.717, 1.165) is 38.5 Å². The molecule has 7 N–H and O–H groups in total. The van der Waals surface area contributed by atoms with E-state index in [1.54, 1.807) is 0 Å². The third-order valence-corrected chi connectivity index (χ3v) is 8.09. The number of aliphatic hydroxyl groups is 7. The first-order valence-electron chi connectivity index (χ1n) is 14.6. The number of rotatable bonds is 6. The van der Waals surface area contributed by atoms with Crippen LogP contribution in [0.5, 0.6) is 0 Å². The largest absolute Gasteiger partial charge is 0.394 e. The Kier molecular flexibility index (Phi) is 14.1. The summed E-state index contributed by atoms with van der Waals surface area (Å²) in [5, 5.41) is 71.4. The van der Waals surface area contributed by atoms with E-state index in [1.807, 2.05) is 0 Å². The lowest BCUT2D eigenvalue weighted by Crippen LogP contribution is -2.64. The van der Waals surface area contributed by atoms with Crippen molar-refractivity contribution in [2.24, 2.45) is 0 Å². The summed E-state index contributed by atoms with van der Waals surface area (Å²) in [5.74, 6) is 0. The summed E-state index contributed by atoms with van der Waals surface area (Å²) in [5.41, 5.74) is 0. The monoisotopic (exact) mass is 550 g/mol. The van der Waals surface area contributed by atoms with Crippen molar-refractivity contribution < 1.29 is 54.7 Å². The number of hydrogen-bond donors (Lipinski definition) is 7. The lowest BCUT2D eigenvalue weighted by molar-refractivity contribution is -0.363. The van der Waals surface area contributed by atoms with Crippen molar-refractivity contribution in [1.82, 2.24) is 0 Å². The molecule has 38 heavy (non-hydrogen) atoms. The van der Waals surface area contributed by atoms with Crippen LogP contribution in [-0.4, -0.2) is 116 Å². The molecule has 1 aliphatic carbocycles. The molecule has 1 saturated carbocycles. The molecule has 2 saturated heterocycles. The van der Waals surface area contributed by atoms with E-state index in [4.69, 9.17) is 18.9 Å². The van der Waals surface area contributed by atoms with Crippen molar-refractivity contribution >= 4 is 0 Å². The Labute approximate surface area is 225 Å². The third-order valence-electron chi connectivity index (χ3n) is 8.09. The van der Waals surface area contributed by atoms with E-state index in [-0.39, 0.29) is 6.10 Å². The van der Waals surface area contributed by atoms with Gasteiger partial charge in [-0.1, -0.05) is 77.0 Å². The standard InChI is InChI=1S/C27H50O11/c28-15-18-20(30)21(31)23(33)27(36-18)38-25-19(16-29)37-26(24(34)22(25)32)35-17-13-11-9-7-5-3-1-2-4-6-8-10-12-14-17/h17-34H,1-16H2/t18-,19-,20+,21+,22-,23-,24-,25-,26-,27+/m1/s1. The highest BCUT2D eigenvalue weighted by molar-refractivity contribution is 4.94. The predicted molar refractivity (Wildman–Crippen MR) is 136 cm³/mol. The van der Waals surface area contributed by atoms with Gasteiger partial charge in [0.25, 0.3) is 0 Å². The molecular weight excluding hydrogens is 500 g/mol. The Morgan fingerprint density at radius 3 is 1.39 bits per heavy atom. The second-order valence-electron chi connectivity index (χ2n) is 11.1. The van der Waals surface area contributed by atoms with Gasteiger partial charge in [-0.15, -0.1) is 0 Å². The van der Waals surface area contributed by atoms with Crippen LogP contribution >= 0.6 is 0 Å². The molecule has 10 atom stereocenters. The average molecular weight is 551 g/mol. The highest BCUT2D eigenvalue weighted by atomic mass is 16.7. The van der Waals surface area contributed by atoms with Crippen LogP contribution in [-0.2, 0) is 18.9 Å². The lowest BCUT2D eigenvalue weighted by Gasteiger charge is -2.46.